The van der Waals surface area contributed by atoms with Crippen LogP contribution in [0, 0.1) is 0 Å². The van der Waals surface area contributed by atoms with E-state index in [1.54, 1.807) is 38.1 Å². The van der Waals surface area contributed by atoms with Crippen LogP contribution < -0.4 is 15.4 Å². The number of ether oxygens (including phenoxy) is 1. The van der Waals surface area contributed by atoms with Crippen LogP contribution in [0.5, 0.6) is 5.75 Å². The topological polar surface area (TPSA) is 87.7 Å². The molecule has 0 bridgehead atoms. The minimum absolute atomic E-state index is 0.255. The van der Waals surface area contributed by atoms with Crippen LogP contribution in [-0.2, 0) is 9.59 Å². The molecule has 6 nitrogen and oxygen atoms in total. The van der Waals surface area contributed by atoms with Gasteiger partial charge < -0.3 is 20.5 Å². The van der Waals surface area contributed by atoms with Crippen molar-refractivity contribution in [3.05, 3.63) is 24.3 Å². The van der Waals surface area contributed by atoms with E-state index in [0.717, 1.165) is 0 Å². The number of carbonyl (C=O) groups excluding carboxylic acids is 2. The molecule has 0 aliphatic heterocycles. The van der Waals surface area contributed by atoms with E-state index in [0.29, 0.717) is 11.4 Å². The number of anilines is 1. The van der Waals surface area contributed by atoms with Gasteiger partial charge in [-0.3, -0.25) is 9.59 Å². The molecule has 0 saturated heterocycles. The van der Waals surface area contributed by atoms with Crippen molar-refractivity contribution in [1.29, 1.82) is 0 Å². The molecule has 6 heteroatoms. The summed E-state index contributed by atoms with van der Waals surface area (Å²) in [5.41, 5.74) is -0.350. The monoisotopic (exact) mass is 266 g/mol. The van der Waals surface area contributed by atoms with Gasteiger partial charge in [0, 0.05) is 5.69 Å². The van der Waals surface area contributed by atoms with Crippen molar-refractivity contribution in [2.24, 2.45) is 0 Å². The van der Waals surface area contributed by atoms with Crippen LogP contribution >= 0.6 is 0 Å². The maximum Gasteiger partial charge on any atom is 0.313 e. The molecule has 2 amide bonds. The largest absolute Gasteiger partial charge is 0.497 e. The third-order valence-corrected chi connectivity index (χ3v) is 2.40. The molecule has 0 aliphatic rings. The fraction of sp³-hybridized carbons (Fsp3) is 0.385. The van der Waals surface area contributed by atoms with Crippen LogP contribution in [-0.4, -0.2) is 36.2 Å². The van der Waals surface area contributed by atoms with Gasteiger partial charge in [-0.05, 0) is 38.1 Å². The third-order valence-electron chi connectivity index (χ3n) is 2.40. The number of hydrogen-bond donors (Lipinski definition) is 3. The molecule has 0 fully saturated rings. The Labute approximate surface area is 111 Å². The molecule has 1 aromatic rings. The second-order valence-electron chi connectivity index (χ2n) is 4.68. The van der Waals surface area contributed by atoms with Crippen LogP contribution in [0.3, 0.4) is 0 Å². The van der Waals surface area contributed by atoms with E-state index in [1.165, 1.54) is 7.11 Å². The number of rotatable bonds is 4. The Balaban J connectivity index is 2.61. The van der Waals surface area contributed by atoms with Crippen LogP contribution in [0.1, 0.15) is 13.8 Å². The van der Waals surface area contributed by atoms with Crippen molar-refractivity contribution in [3.63, 3.8) is 0 Å². The van der Waals surface area contributed by atoms with Crippen molar-refractivity contribution in [3.8, 4) is 5.75 Å². The Kier molecular flexibility index (Phi) is 4.88. The number of aliphatic hydroxyl groups is 1. The third kappa shape index (κ3) is 4.59. The fourth-order valence-corrected chi connectivity index (χ4v) is 1.27. The van der Waals surface area contributed by atoms with Crippen molar-refractivity contribution in [2.45, 2.75) is 19.4 Å². The van der Waals surface area contributed by atoms with Gasteiger partial charge in [-0.15, -0.1) is 0 Å². The predicted octanol–water partition coefficient (Wildman–Crippen LogP) is 0.521. The van der Waals surface area contributed by atoms with Crippen LogP contribution in [0.4, 0.5) is 5.69 Å². The zero-order valence-electron chi connectivity index (χ0n) is 11.2. The van der Waals surface area contributed by atoms with E-state index in [9.17, 15) is 9.59 Å². The zero-order chi connectivity index (χ0) is 14.5. The summed E-state index contributed by atoms with van der Waals surface area (Å²) in [5.74, 6) is -0.926. The molecule has 1 aromatic carbocycles. The molecule has 0 atom stereocenters. The number of carbonyl (C=O) groups is 2. The summed E-state index contributed by atoms with van der Waals surface area (Å²) in [4.78, 5) is 23.2. The zero-order valence-corrected chi connectivity index (χ0v) is 11.2. The molecule has 0 saturated carbocycles. The van der Waals surface area contributed by atoms with Crippen molar-refractivity contribution >= 4 is 17.5 Å². The minimum atomic E-state index is -0.839. The normalized spacial score (nSPS) is 10.7. The predicted molar refractivity (Wildman–Crippen MR) is 70.9 cm³/mol. The Morgan fingerprint density at radius 2 is 1.79 bits per heavy atom. The van der Waals surface area contributed by atoms with Gasteiger partial charge in [-0.1, -0.05) is 0 Å². The molecule has 104 valence electrons. The Morgan fingerprint density at radius 3 is 2.26 bits per heavy atom. The quantitative estimate of drug-likeness (QED) is 0.693. The van der Waals surface area contributed by atoms with E-state index < -0.39 is 17.4 Å². The van der Waals surface area contributed by atoms with E-state index in [1.807, 2.05) is 0 Å². The number of amides is 2. The molecule has 0 aliphatic carbocycles. The summed E-state index contributed by atoms with van der Waals surface area (Å²) >= 11 is 0. The van der Waals surface area contributed by atoms with E-state index in [4.69, 9.17) is 9.84 Å². The molecule has 0 spiro atoms. The van der Waals surface area contributed by atoms with Crippen molar-refractivity contribution in [2.75, 3.05) is 19.0 Å². The van der Waals surface area contributed by atoms with Crippen LogP contribution in [0.2, 0.25) is 0 Å². The Morgan fingerprint density at radius 1 is 1.21 bits per heavy atom. The van der Waals surface area contributed by atoms with Gasteiger partial charge >= 0.3 is 11.8 Å². The molecule has 0 radical (unpaired) electrons. The fourth-order valence-electron chi connectivity index (χ4n) is 1.27. The van der Waals surface area contributed by atoms with E-state index in [-0.39, 0.29) is 6.61 Å². The first-order valence-electron chi connectivity index (χ1n) is 5.76. The molecular formula is C13H18N2O4. The van der Waals surface area contributed by atoms with Gasteiger partial charge in [0.1, 0.15) is 5.75 Å². The highest BCUT2D eigenvalue weighted by atomic mass is 16.5. The molecule has 0 heterocycles. The summed E-state index contributed by atoms with van der Waals surface area (Å²) in [6.07, 6.45) is 0. The Hall–Kier alpha value is -2.08. The first-order valence-corrected chi connectivity index (χ1v) is 5.76. The summed E-state index contributed by atoms with van der Waals surface area (Å²) in [6.45, 7) is 2.98. The lowest BCUT2D eigenvalue weighted by atomic mass is 10.1. The van der Waals surface area contributed by atoms with Gasteiger partial charge in [0.2, 0.25) is 0 Å². The van der Waals surface area contributed by atoms with E-state index >= 15 is 0 Å². The summed E-state index contributed by atoms with van der Waals surface area (Å²) in [5, 5.41) is 13.9. The van der Waals surface area contributed by atoms with Gasteiger partial charge in [0.15, 0.2) is 0 Å². The van der Waals surface area contributed by atoms with Gasteiger partial charge in [0.25, 0.3) is 0 Å². The second-order valence-corrected chi connectivity index (χ2v) is 4.68. The first-order chi connectivity index (χ1) is 8.88. The summed E-state index contributed by atoms with van der Waals surface area (Å²) < 4.78 is 4.98. The highest BCUT2D eigenvalue weighted by Gasteiger charge is 2.23. The van der Waals surface area contributed by atoms with Crippen molar-refractivity contribution in [1.82, 2.24) is 5.32 Å². The second kappa shape index (κ2) is 6.19. The molecule has 3 N–H and O–H groups in total. The van der Waals surface area contributed by atoms with Gasteiger partial charge in [0.05, 0.1) is 19.3 Å². The average Bonchev–Trinajstić information content (AvgIpc) is 2.39. The average molecular weight is 266 g/mol. The number of benzene rings is 1. The lowest BCUT2D eigenvalue weighted by Gasteiger charge is -2.22. The molecule has 0 unspecified atom stereocenters. The number of methoxy groups -OCH3 is 1. The number of nitrogens with one attached hydrogen (secondary N) is 2. The van der Waals surface area contributed by atoms with Crippen LogP contribution in [0.25, 0.3) is 0 Å². The lowest BCUT2D eigenvalue weighted by Crippen LogP contribution is -2.50. The maximum absolute atomic E-state index is 11.6. The highest BCUT2D eigenvalue weighted by molar-refractivity contribution is 6.39. The summed E-state index contributed by atoms with van der Waals surface area (Å²) in [7, 11) is 1.54. The lowest BCUT2D eigenvalue weighted by molar-refractivity contribution is -0.137. The first kappa shape index (κ1) is 15.0. The van der Waals surface area contributed by atoms with E-state index in [2.05, 4.69) is 10.6 Å². The number of aliphatic hydroxyl groups excluding tert-OH is 1. The Bertz CT molecular complexity index is 454. The summed E-state index contributed by atoms with van der Waals surface area (Å²) in [6, 6.07) is 6.60. The standard InChI is InChI=1S/C13H18N2O4/c1-13(2,8-16)15-12(18)11(17)14-9-4-6-10(19-3)7-5-9/h4-7,16H,8H2,1-3H3,(H,14,17)(H,15,18). The molecule has 0 aromatic heterocycles. The molecule has 19 heavy (non-hydrogen) atoms. The maximum atomic E-state index is 11.6. The molecule has 1 rings (SSSR count). The van der Waals surface area contributed by atoms with Gasteiger partial charge in [-0.2, -0.15) is 0 Å². The highest BCUT2D eigenvalue weighted by Crippen LogP contribution is 2.14. The molecular weight excluding hydrogens is 248 g/mol. The van der Waals surface area contributed by atoms with Gasteiger partial charge in [-0.25, -0.2) is 0 Å². The number of hydrogen-bond acceptors (Lipinski definition) is 4. The van der Waals surface area contributed by atoms with Crippen LogP contribution in [0.15, 0.2) is 24.3 Å². The minimum Gasteiger partial charge on any atom is -0.497 e. The SMILES string of the molecule is COc1ccc(NC(=O)C(=O)NC(C)(C)CO)cc1. The van der Waals surface area contributed by atoms with Crippen molar-refractivity contribution < 1.29 is 19.4 Å². The smallest absolute Gasteiger partial charge is 0.313 e.